The molecule has 1 N–H and O–H groups in total. The molecule has 0 spiro atoms. The van der Waals surface area contributed by atoms with Gasteiger partial charge in [-0.3, -0.25) is 0 Å². The minimum absolute atomic E-state index is 0.513. The lowest BCUT2D eigenvalue weighted by atomic mass is 9.88. The molecule has 1 heteroatoms. The zero-order valence-electron chi connectivity index (χ0n) is 16.7. The van der Waals surface area contributed by atoms with E-state index in [2.05, 4.69) is 73.0 Å². The maximum atomic E-state index is 11.4. The second-order valence-electron chi connectivity index (χ2n) is 7.77. The molecule has 0 radical (unpaired) electrons. The molecule has 0 fully saturated rings. The molecule has 0 aromatic heterocycles. The van der Waals surface area contributed by atoms with Crippen molar-refractivity contribution in [1.29, 1.82) is 0 Å². The molecule has 0 heterocycles. The van der Waals surface area contributed by atoms with Crippen molar-refractivity contribution in [3.05, 3.63) is 109 Å². The summed E-state index contributed by atoms with van der Waals surface area (Å²) in [6.07, 6.45) is 3.03. The van der Waals surface area contributed by atoms with Crippen LogP contribution >= 0.6 is 0 Å². The maximum Gasteiger partial charge on any atom is 0.151 e. The van der Waals surface area contributed by atoms with Crippen LogP contribution in [-0.4, -0.2) is 5.11 Å². The van der Waals surface area contributed by atoms with Gasteiger partial charge in [-0.25, -0.2) is 0 Å². The molecular formula is C29H22O. The van der Waals surface area contributed by atoms with E-state index in [9.17, 15) is 5.11 Å². The number of benzene rings is 5. The largest absolute Gasteiger partial charge is 0.373 e. The molecule has 0 amide bonds. The zero-order valence-corrected chi connectivity index (χ0v) is 16.7. The van der Waals surface area contributed by atoms with Crippen LogP contribution < -0.4 is 0 Å². The smallest absolute Gasteiger partial charge is 0.151 e. The highest BCUT2D eigenvalue weighted by atomic mass is 16.3. The van der Waals surface area contributed by atoms with Crippen molar-refractivity contribution in [2.24, 2.45) is 0 Å². The zero-order chi connectivity index (χ0) is 20.6. The number of aliphatic hydroxyl groups is 1. The van der Waals surface area contributed by atoms with Gasteiger partial charge in [0.05, 0.1) is 0 Å². The van der Waals surface area contributed by atoms with Crippen LogP contribution in [0, 0.1) is 11.8 Å². The minimum atomic E-state index is -1.21. The Morgan fingerprint density at radius 3 is 2.17 bits per heavy atom. The predicted octanol–water partition coefficient (Wildman–Crippen LogP) is 6.79. The Balaban J connectivity index is 1.70. The predicted molar refractivity (Wildman–Crippen MR) is 127 cm³/mol. The van der Waals surface area contributed by atoms with Crippen LogP contribution in [0.5, 0.6) is 0 Å². The van der Waals surface area contributed by atoms with E-state index in [1.807, 2.05) is 36.4 Å². The molecule has 5 rings (SSSR count). The highest BCUT2D eigenvalue weighted by Gasteiger charge is 2.25. The molecule has 5 aromatic carbocycles. The van der Waals surface area contributed by atoms with Crippen LogP contribution in [0.25, 0.3) is 32.3 Å². The molecule has 30 heavy (non-hydrogen) atoms. The summed E-state index contributed by atoms with van der Waals surface area (Å²) >= 11 is 0. The third kappa shape index (κ3) is 3.03. The van der Waals surface area contributed by atoms with E-state index in [0.29, 0.717) is 12.8 Å². The number of allylic oxidation sites excluding steroid dienone is 1. The first-order valence-electron chi connectivity index (χ1n) is 10.3. The molecule has 0 aliphatic rings. The summed E-state index contributed by atoms with van der Waals surface area (Å²) in [7, 11) is 0. The highest BCUT2D eigenvalue weighted by molar-refractivity contribution is 6.23. The van der Waals surface area contributed by atoms with Gasteiger partial charge in [0.2, 0.25) is 0 Å². The lowest BCUT2D eigenvalue weighted by Gasteiger charge is -2.22. The molecule has 0 bridgehead atoms. The molecule has 1 unspecified atom stereocenters. The summed E-state index contributed by atoms with van der Waals surface area (Å²) in [5.41, 5.74) is 0.546. The van der Waals surface area contributed by atoms with E-state index in [1.54, 1.807) is 0 Å². The van der Waals surface area contributed by atoms with Gasteiger partial charge in [-0.2, -0.15) is 0 Å². The van der Waals surface area contributed by atoms with Crippen LogP contribution in [0.3, 0.4) is 0 Å². The number of hydrogen-bond acceptors (Lipinski definition) is 1. The second-order valence-corrected chi connectivity index (χ2v) is 7.77. The van der Waals surface area contributed by atoms with Gasteiger partial charge in [-0.1, -0.05) is 96.8 Å². The lowest BCUT2D eigenvalue weighted by Crippen LogP contribution is -2.23. The Bertz CT molecular complexity index is 1400. The van der Waals surface area contributed by atoms with Crippen molar-refractivity contribution in [1.82, 2.24) is 0 Å². The first-order chi connectivity index (χ1) is 14.7. The van der Waals surface area contributed by atoms with E-state index in [1.165, 1.54) is 26.9 Å². The highest BCUT2D eigenvalue weighted by Crippen LogP contribution is 2.36. The van der Waals surface area contributed by atoms with E-state index in [4.69, 9.17) is 0 Å². The summed E-state index contributed by atoms with van der Waals surface area (Å²) in [5.74, 6) is 6.51. The minimum Gasteiger partial charge on any atom is -0.373 e. The van der Waals surface area contributed by atoms with Crippen molar-refractivity contribution < 1.29 is 5.11 Å². The quantitative estimate of drug-likeness (QED) is 0.205. The number of hydrogen-bond donors (Lipinski definition) is 1. The lowest BCUT2D eigenvalue weighted by molar-refractivity contribution is 0.0914. The van der Waals surface area contributed by atoms with Gasteiger partial charge < -0.3 is 5.11 Å². The van der Waals surface area contributed by atoms with Crippen LogP contribution in [0.2, 0.25) is 0 Å². The van der Waals surface area contributed by atoms with Crippen LogP contribution in [0.1, 0.15) is 24.0 Å². The monoisotopic (exact) mass is 386 g/mol. The fraction of sp³-hybridized carbons (Fsp3) is 0.103. The Kier molecular flexibility index (Phi) is 4.51. The molecule has 0 aliphatic carbocycles. The topological polar surface area (TPSA) is 20.2 Å². The van der Waals surface area contributed by atoms with Crippen molar-refractivity contribution in [3.8, 4) is 11.8 Å². The van der Waals surface area contributed by atoms with Gasteiger partial charge in [0.1, 0.15) is 0 Å². The molecule has 1 nitrogen and oxygen atoms in total. The fourth-order valence-corrected chi connectivity index (χ4v) is 4.32. The summed E-state index contributed by atoms with van der Waals surface area (Å²) in [6, 6.07) is 29.0. The van der Waals surface area contributed by atoms with Crippen molar-refractivity contribution >= 4 is 32.3 Å². The van der Waals surface area contributed by atoms with Gasteiger partial charge in [-0.15, -0.1) is 6.58 Å². The Morgan fingerprint density at radius 1 is 0.767 bits per heavy atom. The molecule has 5 aromatic rings. The van der Waals surface area contributed by atoms with Gasteiger partial charge in [0.15, 0.2) is 5.60 Å². The van der Waals surface area contributed by atoms with Gasteiger partial charge in [-0.05, 0) is 56.8 Å². The second kappa shape index (κ2) is 7.34. The molecular weight excluding hydrogens is 364 g/mol. The average Bonchev–Trinajstić information content (AvgIpc) is 2.81. The summed E-state index contributed by atoms with van der Waals surface area (Å²) in [6.45, 7) is 3.80. The molecule has 0 aliphatic heterocycles. The van der Waals surface area contributed by atoms with Gasteiger partial charge in [0, 0.05) is 5.56 Å². The SMILES string of the molecule is C=CCCC(O)(C#Cc1ccc2ccc3cccc4ccc1c2c34)c1ccccc1. The molecule has 0 saturated carbocycles. The standard InChI is InChI=1S/C29H22O/c1-2-3-19-29(30,25-10-5-4-6-11-25)20-18-21-12-13-24-15-14-22-8-7-9-23-16-17-26(21)28(24)27(22)23/h2,4-17,30H,1,3,19H2. The first-order valence-corrected chi connectivity index (χ1v) is 10.3. The summed E-state index contributed by atoms with van der Waals surface area (Å²) < 4.78 is 0. The average molecular weight is 386 g/mol. The van der Waals surface area contributed by atoms with E-state index < -0.39 is 5.60 Å². The molecule has 144 valence electrons. The number of rotatable bonds is 4. The van der Waals surface area contributed by atoms with Gasteiger partial charge in [0.25, 0.3) is 0 Å². The Morgan fingerprint density at radius 2 is 1.43 bits per heavy atom. The van der Waals surface area contributed by atoms with Crippen LogP contribution in [0.15, 0.2) is 97.6 Å². The van der Waals surface area contributed by atoms with Gasteiger partial charge >= 0.3 is 0 Å². The van der Waals surface area contributed by atoms with Crippen LogP contribution in [0.4, 0.5) is 0 Å². The van der Waals surface area contributed by atoms with E-state index in [-0.39, 0.29) is 0 Å². The van der Waals surface area contributed by atoms with E-state index >= 15 is 0 Å². The first kappa shape index (κ1) is 18.4. The third-order valence-corrected chi connectivity index (χ3v) is 5.89. The summed E-state index contributed by atoms with van der Waals surface area (Å²) in [5, 5.41) is 18.7. The molecule has 0 saturated heterocycles. The maximum absolute atomic E-state index is 11.4. The van der Waals surface area contributed by atoms with Crippen molar-refractivity contribution in [3.63, 3.8) is 0 Å². The summed E-state index contributed by atoms with van der Waals surface area (Å²) in [4.78, 5) is 0. The molecule has 1 atom stereocenters. The van der Waals surface area contributed by atoms with Crippen molar-refractivity contribution in [2.75, 3.05) is 0 Å². The fourth-order valence-electron chi connectivity index (χ4n) is 4.32. The normalized spacial score (nSPS) is 13.2. The Hall–Kier alpha value is -3.60. The third-order valence-electron chi connectivity index (χ3n) is 5.89. The van der Waals surface area contributed by atoms with Crippen LogP contribution in [-0.2, 0) is 5.60 Å². The Labute approximate surface area is 176 Å². The van der Waals surface area contributed by atoms with Crippen molar-refractivity contribution in [2.45, 2.75) is 18.4 Å². The van der Waals surface area contributed by atoms with E-state index in [0.717, 1.165) is 16.5 Å².